The lowest BCUT2D eigenvalue weighted by molar-refractivity contribution is -0.143. The van der Waals surface area contributed by atoms with E-state index in [1.54, 1.807) is 11.2 Å². The van der Waals surface area contributed by atoms with Crippen LogP contribution in [0.2, 0.25) is 5.02 Å². The Balaban J connectivity index is 1.24. The predicted molar refractivity (Wildman–Crippen MR) is 116 cm³/mol. The van der Waals surface area contributed by atoms with E-state index in [-0.39, 0.29) is 11.9 Å². The van der Waals surface area contributed by atoms with E-state index in [4.69, 9.17) is 11.6 Å². The molecule has 0 bridgehead atoms. The van der Waals surface area contributed by atoms with Crippen molar-refractivity contribution in [3.63, 3.8) is 0 Å². The largest absolute Gasteiger partial charge is 0.356 e. The minimum absolute atomic E-state index is 0.0738. The first-order valence-electron chi connectivity index (χ1n) is 10.9. The predicted octanol–water partition coefficient (Wildman–Crippen LogP) is 4.06. The van der Waals surface area contributed by atoms with Crippen molar-refractivity contribution in [1.29, 1.82) is 0 Å². The van der Waals surface area contributed by atoms with Crippen LogP contribution in [-0.4, -0.2) is 51.7 Å². The monoisotopic (exact) mass is 457 g/mol. The number of amides is 1. The average molecular weight is 458 g/mol. The van der Waals surface area contributed by atoms with Gasteiger partial charge in [0.25, 0.3) is 0 Å². The number of hydrogen-bond acceptors (Lipinski definition) is 4. The summed E-state index contributed by atoms with van der Waals surface area (Å²) in [6.07, 6.45) is 3.84. The van der Waals surface area contributed by atoms with Crippen molar-refractivity contribution in [2.24, 2.45) is 5.41 Å². The number of piperidine rings is 1. The minimum Gasteiger partial charge on any atom is -0.356 e. The highest BCUT2D eigenvalue weighted by atomic mass is 35.5. The summed E-state index contributed by atoms with van der Waals surface area (Å²) in [7, 11) is 0. The van der Waals surface area contributed by atoms with Gasteiger partial charge in [0.05, 0.1) is 28.2 Å². The number of pyridine rings is 1. The van der Waals surface area contributed by atoms with Gasteiger partial charge in [-0.15, -0.1) is 0 Å². The van der Waals surface area contributed by atoms with Gasteiger partial charge in [-0.2, -0.15) is 5.10 Å². The third kappa shape index (κ3) is 2.93. The van der Waals surface area contributed by atoms with Crippen LogP contribution in [0.5, 0.6) is 0 Å². The highest BCUT2D eigenvalue weighted by Crippen LogP contribution is 2.47. The quantitative estimate of drug-likeness (QED) is 0.582. The fraction of sp³-hybridized carbons (Fsp3) is 0.391. The summed E-state index contributed by atoms with van der Waals surface area (Å²) in [5.74, 6) is -0.185. The number of anilines is 1. The van der Waals surface area contributed by atoms with E-state index in [2.05, 4.69) is 15.0 Å². The zero-order chi connectivity index (χ0) is 22.0. The second-order valence-corrected chi connectivity index (χ2v) is 9.39. The van der Waals surface area contributed by atoms with Crippen LogP contribution in [0.4, 0.5) is 14.6 Å². The van der Waals surface area contributed by atoms with Crippen LogP contribution in [-0.2, 0) is 4.79 Å². The Kier molecular flexibility index (Phi) is 4.45. The molecule has 9 heteroatoms. The molecule has 0 unspecified atom stereocenters. The molecule has 1 aromatic carbocycles. The highest BCUT2D eigenvalue weighted by Gasteiger charge is 2.56. The maximum Gasteiger partial charge on any atom is 0.245 e. The summed E-state index contributed by atoms with van der Waals surface area (Å²) in [4.78, 5) is 15.9. The van der Waals surface area contributed by atoms with Gasteiger partial charge in [-0.3, -0.25) is 9.80 Å². The number of halogens is 3. The number of hydrazine groups is 1. The SMILES string of the molecule is O=C1N2[C@H](c3cc(F)cc(F)c3)CCN2CC12CCN(c1ccc(Cl)c3ccnn13)CC2. The smallest absolute Gasteiger partial charge is 0.245 e. The molecule has 6 nitrogen and oxygen atoms in total. The van der Waals surface area contributed by atoms with Gasteiger partial charge in [-0.25, -0.2) is 18.3 Å². The molecule has 1 atom stereocenters. The van der Waals surface area contributed by atoms with Gasteiger partial charge in [0, 0.05) is 32.2 Å². The van der Waals surface area contributed by atoms with Crippen LogP contribution in [0.1, 0.15) is 30.9 Å². The van der Waals surface area contributed by atoms with Gasteiger partial charge < -0.3 is 4.90 Å². The number of carbonyl (C=O) groups excluding carboxylic acids is 1. The fourth-order valence-corrected chi connectivity index (χ4v) is 5.81. The van der Waals surface area contributed by atoms with Gasteiger partial charge in [-0.05, 0) is 55.2 Å². The van der Waals surface area contributed by atoms with Crippen molar-refractivity contribution in [2.45, 2.75) is 25.3 Å². The molecule has 0 radical (unpaired) electrons. The normalized spacial score (nSPS) is 23.0. The van der Waals surface area contributed by atoms with E-state index in [1.807, 2.05) is 22.7 Å². The van der Waals surface area contributed by atoms with E-state index in [0.717, 1.165) is 30.5 Å². The van der Waals surface area contributed by atoms with Crippen molar-refractivity contribution in [3.05, 3.63) is 64.8 Å². The molecule has 166 valence electrons. The standard InChI is InChI=1S/C23H22ClF2N5O/c24-18-1-2-21(30-20(18)3-7-27-30)28-9-5-23(6-10-28)14-29-8-4-19(31(29)22(23)32)15-11-16(25)13-17(26)12-15/h1-3,7,11-13,19H,4-6,8-10,14H2/t19-/m0/s1. The van der Waals surface area contributed by atoms with E-state index < -0.39 is 17.0 Å². The Morgan fingerprint density at radius 1 is 1.03 bits per heavy atom. The summed E-state index contributed by atoms with van der Waals surface area (Å²) in [6.45, 7) is 2.82. The molecular formula is C23H22ClF2N5O. The molecule has 3 aliphatic heterocycles. The molecule has 32 heavy (non-hydrogen) atoms. The lowest BCUT2D eigenvalue weighted by atomic mass is 9.77. The Morgan fingerprint density at radius 2 is 1.78 bits per heavy atom. The Bertz CT molecular complexity index is 1200. The van der Waals surface area contributed by atoms with Crippen LogP contribution in [0, 0.1) is 17.0 Å². The molecule has 3 fully saturated rings. The summed E-state index contributed by atoms with van der Waals surface area (Å²) in [5.41, 5.74) is 0.921. The Labute approximate surface area is 188 Å². The summed E-state index contributed by atoms with van der Waals surface area (Å²) in [5, 5.41) is 8.89. The van der Waals surface area contributed by atoms with E-state index in [0.29, 0.717) is 42.9 Å². The fourth-order valence-electron chi connectivity index (χ4n) is 5.60. The first-order valence-corrected chi connectivity index (χ1v) is 11.2. The topological polar surface area (TPSA) is 44.1 Å². The number of carbonyl (C=O) groups is 1. The summed E-state index contributed by atoms with van der Waals surface area (Å²) >= 11 is 6.28. The van der Waals surface area contributed by atoms with E-state index in [1.165, 1.54) is 12.1 Å². The third-order valence-electron chi connectivity index (χ3n) is 7.20. The third-order valence-corrected chi connectivity index (χ3v) is 7.52. The number of nitrogens with zero attached hydrogens (tertiary/aromatic N) is 5. The van der Waals surface area contributed by atoms with Gasteiger partial charge in [0.15, 0.2) is 0 Å². The molecule has 1 spiro atoms. The molecule has 2 aromatic heterocycles. The molecule has 0 N–H and O–H groups in total. The van der Waals surface area contributed by atoms with Crippen molar-refractivity contribution in [3.8, 4) is 0 Å². The van der Waals surface area contributed by atoms with Crippen molar-refractivity contribution >= 4 is 28.8 Å². The first-order chi connectivity index (χ1) is 15.4. The average Bonchev–Trinajstić information content (AvgIpc) is 3.46. The van der Waals surface area contributed by atoms with Crippen LogP contribution < -0.4 is 4.90 Å². The minimum atomic E-state index is -0.610. The molecule has 3 aliphatic rings. The number of aromatic nitrogens is 2. The summed E-state index contributed by atoms with van der Waals surface area (Å²) < 4.78 is 29.5. The number of hydrogen-bond donors (Lipinski definition) is 0. The molecule has 3 aromatic rings. The van der Waals surface area contributed by atoms with Crippen molar-refractivity contribution in [1.82, 2.24) is 19.6 Å². The number of fused-ring (bicyclic) bond motifs is 2. The molecule has 0 aliphatic carbocycles. The molecule has 5 heterocycles. The number of benzene rings is 1. The lowest BCUT2D eigenvalue weighted by Crippen LogP contribution is -2.46. The van der Waals surface area contributed by atoms with Crippen molar-refractivity contribution < 1.29 is 13.6 Å². The molecule has 1 amide bonds. The van der Waals surface area contributed by atoms with Crippen LogP contribution in [0.3, 0.4) is 0 Å². The van der Waals surface area contributed by atoms with Crippen molar-refractivity contribution in [2.75, 3.05) is 31.1 Å². The zero-order valence-electron chi connectivity index (χ0n) is 17.3. The maximum absolute atomic E-state index is 13.8. The number of rotatable bonds is 2. The zero-order valence-corrected chi connectivity index (χ0v) is 18.1. The highest BCUT2D eigenvalue weighted by molar-refractivity contribution is 6.33. The molecule has 6 rings (SSSR count). The van der Waals surface area contributed by atoms with Crippen LogP contribution in [0.25, 0.3) is 5.52 Å². The van der Waals surface area contributed by atoms with Gasteiger partial charge in [-0.1, -0.05) is 11.6 Å². The van der Waals surface area contributed by atoms with E-state index in [9.17, 15) is 13.6 Å². The van der Waals surface area contributed by atoms with Gasteiger partial charge >= 0.3 is 0 Å². The van der Waals surface area contributed by atoms with Crippen LogP contribution >= 0.6 is 11.6 Å². The Morgan fingerprint density at radius 3 is 2.53 bits per heavy atom. The maximum atomic E-state index is 13.8. The second kappa shape index (κ2) is 7.15. The first kappa shape index (κ1) is 19.9. The van der Waals surface area contributed by atoms with Gasteiger partial charge in [0.2, 0.25) is 5.91 Å². The Hall–Kier alpha value is -2.71. The van der Waals surface area contributed by atoms with E-state index >= 15 is 0 Å². The van der Waals surface area contributed by atoms with Crippen LogP contribution in [0.15, 0.2) is 42.6 Å². The molecule has 3 saturated heterocycles. The lowest BCUT2D eigenvalue weighted by Gasteiger charge is -2.39. The second-order valence-electron chi connectivity index (χ2n) is 8.98. The molecule has 0 saturated carbocycles. The molecular weight excluding hydrogens is 436 g/mol. The van der Waals surface area contributed by atoms with Gasteiger partial charge in [0.1, 0.15) is 17.5 Å². The summed E-state index contributed by atoms with van der Waals surface area (Å²) in [6, 6.07) is 8.96.